The lowest BCUT2D eigenvalue weighted by Crippen LogP contribution is -2.57. The minimum Gasteiger partial charge on any atom is -0.481 e. The van der Waals surface area contributed by atoms with Gasteiger partial charge >= 0.3 is 5.97 Å². The van der Waals surface area contributed by atoms with Gasteiger partial charge in [-0.05, 0) is 18.8 Å². The third kappa shape index (κ3) is 2.38. The van der Waals surface area contributed by atoms with Crippen LogP contribution < -0.4 is 0 Å². The van der Waals surface area contributed by atoms with Crippen molar-refractivity contribution in [2.45, 2.75) is 38.8 Å². The van der Waals surface area contributed by atoms with E-state index in [0.29, 0.717) is 18.1 Å². The highest BCUT2D eigenvalue weighted by molar-refractivity contribution is 5.71. The standard InChI is InChI=1S/C12H21NO3/c1-8(2)11-5-10(3-4-16-11)13-6-9(7-13)12(14)15/h8-11H,3-7H2,1-2H3,(H,14,15). The van der Waals surface area contributed by atoms with Crippen LogP contribution in [-0.2, 0) is 9.53 Å². The number of ether oxygens (including phenoxy) is 1. The molecule has 2 fully saturated rings. The van der Waals surface area contributed by atoms with E-state index >= 15 is 0 Å². The first kappa shape index (κ1) is 11.9. The van der Waals surface area contributed by atoms with E-state index in [-0.39, 0.29) is 5.92 Å². The Labute approximate surface area is 96.6 Å². The lowest BCUT2D eigenvalue weighted by molar-refractivity contribution is -0.150. The molecule has 0 amide bonds. The first-order valence-corrected chi connectivity index (χ1v) is 6.16. The second kappa shape index (κ2) is 4.72. The molecular weight excluding hydrogens is 206 g/mol. The number of likely N-dealkylation sites (tertiary alicyclic amines) is 1. The fourth-order valence-corrected chi connectivity index (χ4v) is 2.57. The summed E-state index contributed by atoms with van der Waals surface area (Å²) >= 11 is 0. The monoisotopic (exact) mass is 227 g/mol. The van der Waals surface area contributed by atoms with Gasteiger partial charge in [0, 0.05) is 25.7 Å². The quantitative estimate of drug-likeness (QED) is 0.787. The number of aliphatic carboxylic acids is 1. The highest BCUT2D eigenvalue weighted by Gasteiger charge is 2.39. The van der Waals surface area contributed by atoms with Crippen LogP contribution in [0.2, 0.25) is 0 Å². The van der Waals surface area contributed by atoms with Crippen LogP contribution in [-0.4, -0.2) is 47.8 Å². The van der Waals surface area contributed by atoms with Gasteiger partial charge in [-0.15, -0.1) is 0 Å². The summed E-state index contributed by atoms with van der Waals surface area (Å²) in [5.41, 5.74) is 0. The number of carbonyl (C=O) groups is 1. The van der Waals surface area contributed by atoms with E-state index in [1.165, 1.54) is 0 Å². The number of hydrogen-bond acceptors (Lipinski definition) is 3. The van der Waals surface area contributed by atoms with Gasteiger partial charge in [-0.1, -0.05) is 13.8 Å². The van der Waals surface area contributed by atoms with Crippen molar-refractivity contribution in [3.05, 3.63) is 0 Å². The van der Waals surface area contributed by atoms with E-state index in [1.54, 1.807) is 0 Å². The second-order valence-corrected chi connectivity index (χ2v) is 5.32. The fourth-order valence-electron chi connectivity index (χ4n) is 2.57. The zero-order valence-electron chi connectivity index (χ0n) is 10.1. The van der Waals surface area contributed by atoms with Crippen LogP contribution in [0.25, 0.3) is 0 Å². The Hall–Kier alpha value is -0.610. The van der Waals surface area contributed by atoms with Gasteiger partial charge in [-0.25, -0.2) is 0 Å². The molecule has 2 saturated heterocycles. The first-order chi connectivity index (χ1) is 7.58. The minimum absolute atomic E-state index is 0.139. The van der Waals surface area contributed by atoms with Gasteiger partial charge in [-0.3, -0.25) is 9.69 Å². The smallest absolute Gasteiger partial charge is 0.309 e. The summed E-state index contributed by atoms with van der Waals surface area (Å²) in [6.45, 7) is 6.64. The van der Waals surface area contributed by atoms with E-state index in [1.807, 2.05) is 0 Å². The summed E-state index contributed by atoms with van der Waals surface area (Å²) in [7, 11) is 0. The van der Waals surface area contributed by atoms with E-state index in [2.05, 4.69) is 18.7 Å². The van der Waals surface area contributed by atoms with Crippen LogP contribution in [0.1, 0.15) is 26.7 Å². The maximum absolute atomic E-state index is 10.7. The highest BCUT2D eigenvalue weighted by Crippen LogP contribution is 2.28. The van der Waals surface area contributed by atoms with Gasteiger partial charge in [0.2, 0.25) is 0 Å². The Morgan fingerprint density at radius 1 is 1.44 bits per heavy atom. The van der Waals surface area contributed by atoms with Crippen LogP contribution in [0.5, 0.6) is 0 Å². The van der Waals surface area contributed by atoms with Crippen molar-refractivity contribution in [2.75, 3.05) is 19.7 Å². The Bertz CT molecular complexity index is 261. The second-order valence-electron chi connectivity index (χ2n) is 5.32. The largest absolute Gasteiger partial charge is 0.481 e. The van der Waals surface area contributed by atoms with Crippen molar-refractivity contribution in [1.29, 1.82) is 0 Å². The zero-order chi connectivity index (χ0) is 11.7. The van der Waals surface area contributed by atoms with Gasteiger partial charge < -0.3 is 9.84 Å². The number of carboxylic acid groups (broad SMARTS) is 1. The van der Waals surface area contributed by atoms with Crippen molar-refractivity contribution in [3.63, 3.8) is 0 Å². The maximum Gasteiger partial charge on any atom is 0.309 e. The summed E-state index contributed by atoms with van der Waals surface area (Å²) in [5, 5.41) is 8.84. The summed E-state index contributed by atoms with van der Waals surface area (Å²) in [6, 6.07) is 0.539. The van der Waals surface area contributed by atoms with Crippen molar-refractivity contribution in [3.8, 4) is 0 Å². The molecule has 2 atom stereocenters. The first-order valence-electron chi connectivity index (χ1n) is 6.16. The Morgan fingerprint density at radius 3 is 2.69 bits per heavy atom. The van der Waals surface area contributed by atoms with Crippen molar-refractivity contribution < 1.29 is 14.6 Å². The number of rotatable bonds is 3. The zero-order valence-corrected chi connectivity index (χ0v) is 10.1. The SMILES string of the molecule is CC(C)C1CC(N2CC(C(=O)O)C2)CCO1. The summed E-state index contributed by atoms with van der Waals surface area (Å²) in [6.07, 6.45) is 2.46. The third-order valence-electron chi connectivity index (χ3n) is 3.81. The third-order valence-corrected chi connectivity index (χ3v) is 3.81. The Kier molecular flexibility index (Phi) is 3.50. The van der Waals surface area contributed by atoms with Gasteiger partial charge in [-0.2, -0.15) is 0 Å². The molecule has 16 heavy (non-hydrogen) atoms. The molecule has 4 heteroatoms. The van der Waals surface area contributed by atoms with Gasteiger partial charge in [0.15, 0.2) is 0 Å². The van der Waals surface area contributed by atoms with Crippen molar-refractivity contribution >= 4 is 5.97 Å². The molecule has 2 unspecified atom stereocenters. The molecule has 0 spiro atoms. The molecule has 0 aromatic heterocycles. The van der Waals surface area contributed by atoms with Crippen LogP contribution in [0, 0.1) is 11.8 Å². The van der Waals surface area contributed by atoms with E-state index in [0.717, 1.165) is 32.5 Å². The fraction of sp³-hybridized carbons (Fsp3) is 0.917. The van der Waals surface area contributed by atoms with E-state index in [9.17, 15) is 4.79 Å². The van der Waals surface area contributed by atoms with Crippen molar-refractivity contribution in [1.82, 2.24) is 4.90 Å². The molecule has 0 radical (unpaired) electrons. The molecule has 0 aromatic carbocycles. The van der Waals surface area contributed by atoms with Gasteiger partial charge in [0.05, 0.1) is 12.0 Å². The molecule has 92 valence electrons. The predicted molar refractivity (Wildman–Crippen MR) is 60.3 cm³/mol. The van der Waals surface area contributed by atoms with Crippen LogP contribution >= 0.6 is 0 Å². The topological polar surface area (TPSA) is 49.8 Å². The average molecular weight is 227 g/mol. The molecule has 2 aliphatic rings. The van der Waals surface area contributed by atoms with Crippen LogP contribution in [0.4, 0.5) is 0 Å². The molecule has 0 aromatic rings. The maximum atomic E-state index is 10.7. The molecule has 2 rings (SSSR count). The molecule has 1 N–H and O–H groups in total. The molecule has 2 heterocycles. The molecule has 2 aliphatic heterocycles. The summed E-state index contributed by atoms with van der Waals surface area (Å²) in [4.78, 5) is 13.0. The van der Waals surface area contributed by atoms with Crippen molar-refractivity contribution in [2.24, 2.45) is 11.8 Å². The molecule has 0 aliphatic carbocycles. The highest BCUT2D eigenvalue weighted by atomic mass is 16.5. The predicted octanol–water partition coefficient (Wildman–Crippen LogP) is 1.21. The minimum atomic E-state index is -0.649. The number of nitrogens with zero attached hydrogens (tertiary/aromatic N) is 1. The molecule has 0 bridgehead atoms. The Morgan fingerprint density at radius 2 is 2.12 bits per heavy atom. The number of carboxylic acids is 1. The van der Waals surface area contributed by atoms with Crippen LogP contribution in [0.15, 0.2) is 0 Å². The van der Waals surface area contributed by atoms with E-state index < -0.39 is 5.97 Å². The number of hydrogen-bond donors (Lipinski definition) is 1. The Balaban J connectivity index is 1.81. The normalized spacial score (nSPS) is 32.7. The van der Waals surface area contributed by atoms with E-state index in [4.69, 9.17) is 9.84 Å². The summed E-state index contributed by atoms with van der Waals surface area (Å²) in [5.74, 6) is -0.233. The van der Waals surface area contributed by atoms with Gasteiger partial charge in [0.25, 0.3) is 0 Å². The summed E-state index contributed by atoms with van der Waals surface area (Å²) < 4.78 is 5.72. The average Bonchev–Trinajstić information content (AvgIpc) is 2.15. The lowest BCUT2D eigenvalue weighted by Gasteiger charge is -2.46. The molecule has 4 nitrogen and oxygen atoms in total. The lowest BCUT2D eigenvalue weighted by atomic mass is 9.90. The van der Waals surface area contributed by atoms with Gasteiger partial charge in [0.1, 0.15) is 0 Å². The molecular formula is C12H21NO3. The van der Waals surface area contributed by atoms with Crippen LogP contribution in [0.3, 0.4) is 0 Å². The molecule has 0 saturated carbocycles.